The number of hydrogen-bond acceptors (Lipinski definition) is 3. The van der Waals surface area contributed by atoms with Crippen LogP contribution >= 0.6 is 12.6 Å². The van der Waals surface area contributed by atoms with Crippen molar-refractivity contribution in [1.29, 1.82) is 0 Å². The first-order chi connectivity index (χ1) is 5.45. The quantitative estimate of drug-likeness (QED) is 0.311. The zero-order chi connectivity index (χ0) is 9.61. The van der Waals surface area contributed by atoms with Crippen LogP contribution in [0.1, 0.15) is 6.42 Å². The average Bonchev–Trinajstić information content (AvgIpc) is 1.84. The van der Waals surface area contributed by atoms with Gasteiger partial charge in [0.05, 0.1) is 5.44 Å². The number of thiol groups is 1. The summed E-state index contributed by atoms with van der Waals surface area (Å²) < 4.78 is 11.0. The Morgan fingerprint density at radius 3 is 2.50 bits per heavy atom. The predicted molar refractivity (Wildman–Crippen MR) is 66.2 cm³/mol. The molecule has 2 nitrogen and oxygen atoms in total. The van der Waals surface area contributed by atoms with Crippen LogP contribution in [0.25, 0.3) is 0 Å². The van der Waals surface area contributed by atoms with Gasteiger partial charge in [0.2, 0.25) is 0 Å². The Hall–Kier alpha value is 0.921. The Kier molecular flexibility index (Phi) is 6.88. The van der Waals surface area contributed by atoms with E-state index < -0.39 is 8.32 Å². The molecule has 0 rings (SSSR count). The van der Waals surface area contributed by atoms with Crippen molar-refractivity contribution in [3.8, 4) is 0 Å². The van der Waals surface area contributed by atoms with E-state index in [-0.39, 0.29) is 15.2 Å². The molecule has 0 aliphatic rings. The summed E-state index contributed by atoms with van der Waals surface area (Å²) in [6.45, 7) is 6.57. The fraction of sp³-hybridized carbons (Fsp3) is 1.00. The van der Waals surface area contributed by atoms with Crippen LogP contribution in [0.2, 0.25) is 25.7 Å². The molecular formula is C6H20O2SSi3. The highest BCUT2D eigenvalue weighted by atomic mass is 32.1. The Morgan fingerprint density at radius 1 is 1.50 bits per heavy atom. The van der Waals surface area contributed by atoms with Crippen LogP contribution in [-0.4, -0.2) is 34.0 Å². The van der Waals surface area contributed by atoms with Crippen LogP contribution in [-0.2, 0) is 8.54 Å². The molecule has 0 aromatic heterocycles. The van der Waals surface area contributed by atoms with Gasteiger partial charge in [-0.15, -0.1) is 12.6 Å². The summed E-state index contributed by atoms with van der Waals surface area (Å²) in [5.41, 5.74) is 0.140. The van der Waals surface area contributed by atoms with E-state index in [9.17, 15) is 0 Å². The van der Waals surface area contributed by atoms with E-state index in [0.717, 1.165) is 16.9 Å². The lowest BCUT2D eigenvalue weighted by atomic mass is 10.5. The molecule has 0 radical (unpaired) electrons. The second-order valence-corrected chi connectivity index (χ2v) is 12.3. The summed E-state index contributed by atoms with van der Waals surface area (Å²) in [7, 11) is -0.703. The van der Waals surface area contributed by atoms with E-state index in [0.29, 0.717) is 0 Å². The largest absolute Gasteiger partial charge is 0.468 e. The average molecular weight is 241 g/mol. The van der Waals surface area contributed by atoms with Crippen molar-refractivity contribution < 1.29 is 8.54 Å². The lowest BCUT2D eigenvalue weighted by Gasteiger charge is -2.22. The fourth-order valence-electron chi connectivity index (χ4n) is 0.869. The van der Waals surface area contributed by atoms with Crippen molar-refractivity contribution in [3.05, 3.63) is 0 Å². The van der Waals surface area contributed by atoms with Gasteiger partial charge < -0.3 is 8.54 Å². The van der Waals surface area contributed by atoms with Crippen LogP contribution < -0.4 is 0 Å². The molecule has 0 amide bonds. The molecule has 0 fully saturated rings. The van der Waals surface area contributed by atoms with E-state index in [1.54, 1.807) is 0 Å². The van der Waals surface area contributed by atoms with Gasteiger partial charge >= 0.3 is 0 Å². The number of hydrogen-bond donors (Lipinski definition) is 1. The van der Waals surface area contributed by atoms with Crippen molar-refractivity contribution in [3.63, 3.8) is 0 Å². The van der Waals surface area contributed by atoms with Gasteiger partial charge in [0.25, 0.3) is 0 Å². The first-order valence-electron chi connectivity index (χ1n) is 4.30. The molecule has 6 heteroatoms. The molecule has 0 aliphatic heterocycles. The standard InChI is InChI=1S/C6H20O2SSi3/c1-12(2,3)7-6(9)4-5-11-8-10/h6,9H,4-5,11H2,1-3,10H3. The van der Waals surface area contributed by atoms with Crippen molar-refractivity contribution >= 4 is 41.2 Å². The molecule has 0 saturated heterocycles. The maximum atomic E-state index is 5.77. The highest BCUT2D eigenvalue weighted by Gasteiger charge is 2.18. The second-order valence-electron chi connectivity index (χ2n) is 3.82. The van der Waals surface area contributed by atoms with Gasteiger partial charge in [-0.3, -0.25) is 0 Å². The summed E-state index contributed by atoms with van der Waals surface area (Å²) in [5.74, 6) is 0. The van der Waals surface area contributed by atoms with E-state index in [1.807, 2.05) is 0 Å². The monoisotopic (exact) mass is 240 g/mol. The molecule has 0 aliphatic carbocycles. The topological polar surface area (TPSA) is 18.5 Å². The predicted octanol–water partition coefficient (Wildman–Crippen LogP) is 0.283. The molecule has 0 heterocycles. The van der Waals surface area contributed by atoms with Gasteiger partial charge in [-0.1, -0.05) is 0 Å². The van der Waals surface area contributed by atoms with Crippen LogP contribution in [0.5, 0.6) is 0 Å². The molecule has 12 heavy (non-hydrogen) atoms. The molecule has 0 spiro atoms. The molecule has 0 N–H and O–H groups in total. The van der Waals surface area contributed by atoms with E-state index in [2.05, 4.69) is 32.3 Å². The van der Waals surface area contributed by atoms with Crippen LogP contribution in [0.15, 0.2) is 0 Å². The van der Waals surface area contributed by atoms with Gasteiger partial charge in [-0.05, 0) is 32.1 Å². The zero-order valence-electron chi connectivity index (χ0n) is 8.46. The fourth-order valence-corrected chi connectivity index (χ4v) is 4.97. The lowest BCUT2D eigenvalue weighted by Crippen LogP contribution is -2.29. The van der Waals surface area contributed by atoms with Crippen LogP contribution in [0.3, 0.4) is 0 Å². The van der Waals surface area contributed by atoms with Gasteiger partial charge in [0, 0.05) is 0 Å². The zero-order valence-corrected chi connectivity index (χ0v) is 13.8. The van der Waals surface area contributed by atoms with Gasteiger partial charge in [-0.2, -0.15) is 0 Å². The summed E-state index contributed by atoms with van der Waals surface area (Å²) in [5, 5.41) is 0. The van der Waals surface area contributed by atoms with Crippen molar-refractivity contribution in [2.24, 2.45) is 0 Å². The Morgan fingerprint density at radius 2 is 2.08 bits per heavy atom. The molecule has 0 aromatic rings. The van der Waals surface area contributed by atoms with Gasteiger partial charge in [0.1, 0.15) is 20.2 Å². The molecule has 0 aromatic carbocycles. The molecule has 1 unspecified atom stereocenters. The summed E-state index contributed by atoms with van der Waals surface area (Å²) >= 11 is 4.39. The molecule has 74 valence electrons. The third-order valence-corrected chi connectivity index (χ3v) is 5.17. The third-order valence-electron chi connectivity index (χ3n) is 1.29. The third kappa shape index (κ3) is 9.01. The highest BCUT2D eigenvalue weighted by Crippen LogP contribution is 2.14. The minimum absolute atomic E-state index is 0.140. The summed E-state index contributed by atoms with van der Waals surface area (Å²) in [6, 6.07) is 1.20. The van der Waals surface area contributed by atoms with Crippen molar-refractivity contribution in [1.82, 2.24) is 0 Å². The maximum absolute atomic E-state index is 5.77. The smallest absolute Gasteiger partial charge is 0.185 e. The lowest BCUT2D eigenvalue weighted by molar-refractivity contribution is 0.278. The SMILES string of the molecule is C[Si](C)(C)OC(S)CC[SiH2]O[SiH3]. The molecule has 1 atom stereocenters. The van der Waals surface area contributed by atoms with Crippen molar-refractivity contribution in [2.75, 3.05) is 0 Å². The first kappa shape index (κ1) is 12.9. The molecular weight excluding hydrogens is 220 g/mol. The maximum Gasteiger partial charge on any atom is 0.185 e. The molecule has 0 bridgehead atoms. The summed E-state index contributed by atoms with van der Waals surface area (Å²) in [4.78, 5) is 0. The Labute approximate surface area is 87.4 Å². The second kappa shape index (κ2) is 6.39. The van der Waals surface area contributed by atoms with Gasteiger partial charge in [-0.25, -0.2) is 0 Å². The number of rotatable bonds is 6. The Bertz CT molecular complexity index is 118. The van der Waals surface area contributed by atoms with E-state index >= 15 is 0 Å². The first-order valence-corrected chi connectivity index (χ1v) is 10.6. The van der Waals surface area contributed by atoms with Crippen LogP contribution in [0, 0.1) is 0 Å². The van der Waals surface area contributed by atoms with E-state index in [1.165, 1.54) is 6.04 Å². The Balaban J connectivity index is 3.40. The van der Waals surface area contributed by atoms with Gasteiger partial charge in [0.15, 0.2) is 8.32 Å². The highest BCUT2D eigenvalue weighted by molar-refractivity contribution is 7.80. The summed E-state index contributed by atoms with van der Waals surface area (Å²) in [6.07, 6.45) is 1.06. The molecule has 0 saturated carbocycles. The minimum Gasteiger partial charge on any atom is -0.468 e. The van der Waals surface area contributed by atoms with Crippen LogP contribution in [0.4, 0.5) is 0 Å². The normalized spacial score (nSPS) is 16.0. The minimum atomic E-state index is -1.37. The van der Waals surface area contributed by atoms with Crippen molar-refractivity contribution in [2.45, 2.75) is 37.5 Å². The van der Waals surface area contributed by atoms with E-state index in [4.69, 9.17) is 8.54 Å².